The quantitative estimate of drug-likeness (QED) is 0.210. The van der Waals surface area contributed by atoms with Gasteiger partial charge in [-0.2, -0.15) is 5.10 Å². The van der Waals surface area contributed by atoms with Crippen molar-refractivity contribution in [2.45, 2.75) is 51.3 Å². The van der Waals surface area contributed by atoms with Crippen LogP contribution in [-0.2, 0) is 0 Å². The van der Waals surface area contributed by atoms with Crippen LogP contribution in [0.3, 0.4) is 0 Å². The number of unbranched alkanes of at least 4 members (excludes halogenated alkanes) is 3. The molecule has 0 N–H and O–H groups in total. The summed E-state index contributed by atoms with van der Waals surface area (Å²) in [5.41, 5.74) is 4.38. The van der Waals surface area contributed by atoms with Gasteiger partial charge in [-0.3, -0.25) is 0 Å². The molecule has 0 radical (unpaired) electrons. The summed E-state index contributed by atoms with van der Waals surface area (Å²) in [6.45, 7) is 7.18. The highest BCUT2D eigenvalue weighted by molar-refractivity contribution is 6.02. The molecular formula is C31H34N2O3. The van der Waals surface area contributed by atoms with Gasteiger partial charge in [0.05, 0.1) is 18.4 Å². The second-order valence-electron chi connectivity index (χ2n) is 9.26. The van der Waals surface area contributed by atoms with Crippen molar-refractivity contribution in [3.8, 4) is 17.2 Å². The molecule has 186 valence electrons. The van der Waals surface area contributed by atoms with Crippen LogP contribution in [-0.4, -0.2) is 23.9 Å². The lowest BCUT2D eigenvalue weighted by Crippen LogP contribution is -2.33. The average Bonchev–Trinajstić information content (AvgIpc) is 3.38. The molecule has 2 heterocycles. The van der Waals surface area contributed by atoms with Crippen LogP contribution in [0.4, 0.5) is 0 Å². The van der Waals surface area contributed by atoms with Crippen molar-refractivity contribution in [2.24, 2.45) is 5.10 Å². The van der Waals surface area contributed by atoms with E-state index < -0.39 is 0 Å². The molecule has 5 heteroatoms. The number of fused-ring (bicyclic) bond motifs is 3. The van der Waals surface area contributed by atoms with Crippen LogP contribution in [0.25, 0.3) is 0 Å². The molecule has 2 atom stereocenters. The Morgan fingerprint density at radius 3 is 2.47 bits per heavy atom. The second-order valence-corrected chi connectivity index (χ2v) is 9.26. The number of benzene rings is 3. The average molecular weight is 483 g/mol. The van der Waals surface area contributed by atoms with Crippen molar-refractivity contribution < 1.29 is 14.2 Å². The highest BCUT2D eigenvalue weighted by Crippen LogP contribution is 2.47. The third-order valence-electron chi connectivity index (χ3n) is 6.69. The third kappa shape index (κ3) is 5.25. The van der Waals surface area contributed by atoms with Gasteiger partial charge >= 0.3 is 0 Å². The van der Waals surface area contributed by atoms with Gasteiger partial charge in [0, 0.05) is 17.5 Å². The van der Waals surface area contributed by atoms with Crippen molar-refractivity contribution in [1.82, 2.24) is 5.01 Å². The van der Waals surface area contributed by atoms with E-state index in [1.165, 1.54) is 24.8 Å². The smallest absolute Gasteiger partial charge is 0.213 e. The number of nitrogens with zero attached hydrogens (tertiary/aromatic N) is 2. The SMILES string of the molecule is C=CCOc1ccc(C2=NN3[C@@H](c4ccc(OCCCCCC)cc4)Oc4ccccc4[C@@H]3C2)cc1. The minimum absolute atomic E-state index is 0.126. The normalized spacial score (nSPS) is 18.0. The van der Waals surface area contributed by atoms with Gasteiger partial charge in [0.1, 0.15) is 23.9 Å². The topological polar surface area (TPSA) is 43.3 Å². The molecule has 0 saturated carbocycles. The Kier molecular flexibility index (Phi) is 7.55. The molecule has 0 aliphatic carbocycles. The highest BCUT2D eigenvalue weighted by Gasteiger charge is 2.40. The van der Waals surface area contributed by atoms with E-state index in [-0.39, 0.29) is 12.3 Å². The minimum atomic E-state index is -0.295. The van der Waals surface area contributed by atoms with Gasteiger partial charge in [-0.1, -0.05) is 57.0 Å². The Hall–Kier alpha value is -3.73. The van der Waals surface area contributed by atoms with Crippen LogP contribution in [0, 0.1) is 0 Å². The van der Waals surface area contributed by atoms with E-state index in [0.717, 1.165) is 53.5 Å². The fourth-order valence-electron chi connectivity index (χ4n) is 4.77. The van der Waals surface area contributed by atoms with Crippen molar-refractivity contribution in [3.05, 3.63) is 102 Å². The molecule has 0 fully saturated rings. The molecule has 5 nitrogen and oxygen atoms in total. The van der Waals surface area contributed by atoms with E-state index in [9.17, 15) is 0 Å². The summed E-state index contributed by atoms with van der Waals surface area (Å²) in [5, 5.41) is 7.18. The summed E-state index contributed by atoms with van der Waals surface area (Å²) in [6.07, 6.45) is 7.07. The molecule has 0 bridgehead atoms. The number of hydrogen-bond acceptors (Lipinski definition) is 5. The van der Waals surface area contributed by atoms with Crippen LogP contribution in [0.5, 0.6) is 17.2 Å². The molecule has 0 unspecified atom stereocenters. The first kappa shape index (κ1) is 24.0. The third-order valence-corrected chi connectivity index (χ3v) is 6.69. The molecule has 2 aliphatic heterocycles. The first-order valence-corrected chi connectivity index (χ1v) is 12.9. The lowest BCUT2D eigenvalue weighted by atomic mass is 9.96. The molecule has 5 rings (SSSR count). The highest BCUT2D eigenvalue weighted by atomic mass is 16.5. The summed E-state index contributed by atoms with van der Waals surface area (Å²) in [7, 11) is 0. The van der Waals surface area contributed by atoms with Gasteiger partial charge in [-0.15, -0.1) is 0 Å². The van der Waals surface area contributed by atoms with Crippen LogP contribution in [0.1, 0.15) is 68.0 Å². The molecule has 0 aromatic heterocycles. The fraction of sp³-hybridized carbons (Fsp3) is 0.323. The summed E-state index contributed by atoms with van der Waals surface area (Å²) in [5.74, 6) is 2.64. The molecule has 0 amide bonds. The molecular weight excluding hydrogens is 448 g/mol. The maximum Gasteiger partial charge on any atom is 0.213 e. The Bertz CT molecular complexity index is 1190. The number of hydrogen-bond donors (Lipinski definition) is 0. The van der Waals surface area contributed by atoms with E-state index in [4.69, 9.17) is 19.3 Å². The van der Waals surface area contributed by atoms with Crippen molar-refractivity contribution in [3.63, 3.8) is 0 Å². The van der Waals surface area contributed by atoms with Gasteiger partial charge in [0.25, 0.3) is 0 Å². The number of para-hydroxylation sites is 1. The number of ether oxygens (including phenoxy) is 3. The van der Waals surface area contributed by atoms with E-state index in [0.29, 0.717) is 6.61 Å². The van der Waals surface area contributed by atoms with Crippen molar-refractivity contribution in [2.75, 3.05) is 13.2 Å². The standard InChI is InChI=1S/C31H34N2O3/c1-3-5-6-9-21-35-26-18-14-24(15-19-26)31-33-29(27-10-7-8-11-30(27)36-31)22-28(32-33)23-12-16-25(17-13-23)34-20-4-2/h4,7-8,10-19,29,31H,2-3,5-6,9,20-22H2,1H3/t29-,31+/m0/s1. The Morgan fingerprint density at radius 2 is 1.69 bits per heavy atom. The van der Waals surface area contributed by atoms with Crippen molar-refractivity contribution in [1.29, 1.82) is 0 Å². The lowest BCUT2D eigenvalue weighted by Gasteiger charge is -2.38. The zero-order chi connectivity index (χ0) is 24.7. The maximum atomic E-state index is 6.49. The summed E-state index contributed by atoms with van der Waals surface area (Å²) < 4.78 is 18.1. The van der Waals surface area contributed by atoms with Gasteiger partial charge in [0.2, 0.25) is 6.23 Å². The predicted molar refractivity (Wildman–Crippen MR) is 144 cm³/mol. The zero-order valence-corrected chi connectivity index (χ0v) is 20.9. The number of rotatable bonds is 11. The van der Waals surface area contributed by atoms with Crippen LogP contribution in [0.2, 0.25) is 0 Å². The molecule has 36 heavy (non-hydrogen) atoms. The minimum Gasteiger partial charge on any atom is -0.494 e. The van der Waals surface area contributed by atoms with Gasteiger partial charge in [-0.25, -0.2) is 5.01 Å². The van der Waals surface area contributed by atoms with Crippen molar-refractivity contribution >= 4 is 5.71 Å². The van der Waals surface area contributed by atoms with Crippen LogP contribution in [0.15, 0.2) is 90.6 Å². The monoisotopic (exact) mass is 482 g/mol. The van der Waals surface area contributed by atoms with E-state index in [1.54, 1.807) is 6.08 Å². The Morgan fingerprint density at radius 1 is 0.944 bits per heavy atom. The molecule has 0 saturated heterocycles. The molecule has 2 aliphatic rings. The molecule has 0 spiro atoms. The van der Waals surface area contributed by atoms with E-state index in [1.807, 2.05) is 30.3 Å². The first-order valence-electron chi connectivity index (χ1n) is 12.9. The van der Waals surface area contributed by atoms with Gasteiger partial charge in [0.15, 0.2) is 0 Å². The summed E-state index contributed by atoms with van der Waals surface area (Å²) in [4.78, 5) is 0. The largest absolute Gasteiger partial charge is 0.494 e. The summed E-state index contributed by atoms with van der Waals surface area (Å²) in [6, 6.07) is 24.8. The molecule has 3 aromatic carbocycles. The zero-order valence-electron chi connectivity index (χ0n) is 20.9. The van der Waals surface area contributed by atoms with E-state index in [2.05, 4.69) is 61.0 Å². The number of hydrazone groups is 1. The maximum absolute atomic E-state index is 6.49. The van der Waals surface area contributed by atoms with Crippen LogP contribution >= 0.6 is 0 Å². The van der Waals surface area contributed by atoms with Crippen LogP contribution < -0.4 is 14.2 Å². The van der Waals surface area contributed by atoms with Gasteiger partial charge in [-0.05, 0) is 66.6 Å². The van der Waals surface area contributed by atoms with E-state index >= 15 is 0 Å². The lowest BCUT2D eigenvalue weighted by molar-refractivity contribution is -0.0190. The first-order chi connectivity index (χ1) is 17.8. The van der Waals surface area contributed by atoms with Gasteiger partial charge < -0.3 is 14.2 Å². The molecule has 3 aromatic rings. The summed E-state index contributed by atoms with van der Waals surface area (Å²) >= 11 is 0. The Labute approximate surface area is 214 Å². The predicted octanol–water partition coefficient (Wildman–Crippen LogP) is 7.45. The Balaban J connectivity index is 1.35. The fourth-order valence-corrected chi connectivity index (χ4v) is 4.77. The second kappa shape index (κ2) is 11.3.